The Balaban J connectivity index is 1.17. The Labute approximate surface area is 312 Å². The molecule has 7 aromatic carbocycles. The second-order valence-electron chi connectivity index (χ2n) is 13.0. The first-order valence-electron chi connectivity index (χ1n) is 17.7. The van der Waals surface area contributed by atoms with Crippen molar-refractivity contribution >= 4 is 39.3 Å². The maximum absolute atomic E-state index is 15.8. The first-order valence-corrected chi connectivity index (χ1v) is 19.4. The van der Waals surface area contributed by atoms with E-state index < -0.39 is 7.14 Å². The predicted octanol–water partition coefficient (Wildman–Crippen LogP) is 11.5. The van der Waals surface area contributed by atoms with Crippen molar-refractivity contribution in [2.24, 2.45) is 0 Å². The lowest BCUT2D eigenvalue weighted by molar-refractivity contribution is 0.591. The molecule has 8 aromatic rings. The summed E-state index contributed by atoms with van der Waals surface area (Å²) in [4.78, 5) is 14.1. The highest BCUT2D eigenvalue weighted by molar-refractivity contribution is 7.82. The molecule has 0 saturated carbocycles. The maximum atomic E-state index is 15.8. The number of hydrogen-bond acceptors (Lipinski definition) is 4. The molecule has 0 bridgehead atoms. The Kier molecular flexibility index (Phi) is 9.60. The summed E-state index contributed by atoms with van der Waals surface area (Å²) in [7, 11) is -3.33. The first kappa shape index (κ1) is 34.7. The van der Waals surface area contributed by atoms with E-state index in [1.54, 1.807) is 24.3 Å². The van der Waals surface area contributed by atoms with E-state index in [-0.39, 0.29) is 11.6 Å². The van der Waals surface area contributed by atoms with E-state index in [2.05, 4.69) is 59.6 Å². The van der Waals surface area contributed by atoms with Crippen LogP contribution in [0.15, 0.2) is 181 Å². The fraction of sp³-hybridized carbons (Fsp3) is 0.0426. The van der Waals surface area contributed by atoms with Gasteiger partial charge in [-0.1, -0.05) is 115 Å². The smallest absolute Gasteiger partial charge is 0.170 e. The van der Waals surface area contributed by atoms with Crippen LogP contribution < -0.4 is 10.6 Å². The van der Waals surface area contributed by atoms with Gasteiger partial charge >= 0.3 is 0 Å². The van der Waals surface area contributed by atoms with Crippen LogP contribution in [0, 0.1) is 11.6 Å². The topological polar surface area (TPSA) is 55.7 Å². The summed E-state index contributed by atoms with van der Waals surface area (Å²) in [5.41, 5.74) is 3.02. The number of hydrogen-bond donors (Lipinski definition) is 0. The molecule has 54 heavy (non-hydrogen) atoms. The van der Waals surface area contributed by atoms with Gasteiger partial charge in [-0.25, -0.2) is 23.7 Å². The lowest BCUT2D eigenvalue weighted by atomic mass is 10.1. The van der Waals surface area contributed by atoms with Crippen molar-refractivity contribution in [2.45, 2.75) is 13.3 Å². The molecule has 0 fully saturated rings. The van der Waals surface area contributed by atoms with Gasteiger partial charge in [0.1, 0.15) is 11.6 Å². The third-order valence-corrected chi connectivity index (χ3v) is 12.6. The molecule has 0 unspecified atom stereocenters. The number of rotatable bonds is 9. The van der Waals surface area contributed by atoms with E-state index in [9.17, 15) is 8.78 Å². The van der Waals surface area contributed by atoms with Crippen LogP contribution in [0.5, 0.6) is 0 Å². The van der Waals surface area contributed by atoms with E-state index in [1.165, 1.54) is 24.3 Å². The number of aromatic nitrogens is 3. The van der Waals surface area contributed by atoms with Crippen molar-refractivity contribution in [3.63, 3.8) is 0 Å². The lowest BCUT2D eigenvalue weighted by Crippen LogP contribution is -2.17. The van der Waals surface area contributed by atoms with Crippen LogP contribution in [0.4, 0.5) is 8.78 Å². The van der Waals surface area contributed by atoms with Crippen molar-refractivity contribution in [3.8, 4) is 34.2 Å². The monoisotopic (exact) mass is 725 g/mol. The normalized spacial score (nSPS) is 12.2. The lowest BCUT2D eigenvalue weighted by Gasteiger charge is -2.22. The number of allylic oxidation sites excluding steroid dienone is 4. The third-order valence-electron chi connectivity index (χ3n) is 9.49. The zero-order valence-electron chi connectivity index (χ0n) is 29.4. The molecule has 0 atom stereocenters. The number of nitrogens with zero attached hydrogens (tertiary/aromatic N) is 3. The molecule has 8 rings (SSSR count). The molecule has 0 saturated heterocycles. The molecule has 7 heteroatoms. The quantitative estimate of drug-likeness (QED) is 0.110. The summed E-state index contributed by atoms with van der Waals surface area (Å²) in [6.45, 7) is 1.95. The van der Waals surface area contributed by atoms with E-state index in [0.717, 1.165) is 48.6 Å². The second kappa shape index (κ2) is 14.9. The van der Waals surface area contributed by atoms with Crippen molar-refractivity contribution in [2.75, 3.05) is 0 Å². The predicted molar refractivity (Wildman–Crippen MR) is 217 cm³/mol. The Hall–Kier alpha value is -6.36. The highest BCUT2D eigenvalue weighted by Crippen LogP contribution is 2.53. The van der Waals surface area contributed by atoms with Crippen LogP contribution >= 0.6 is 7.14 Å². The fourth-order valence-corrected chi connectivity index (χ4v) is 9.45. The highest BCUT2D eigenvalue weighted by Gasteiger charge is 2.31. The van der Waals surface area contributed by atoms with E-state index in [0.29, 0.717) is 35.0 Å². The van der Waals surface area contributed by atoms with E-state index in [1.807, 2.05) is 79.7 Å². The van der Waals surface area contributed by atoms with Crippen LogP contribution in [0.3, 0.4) is 0 Å². The zero-order valence-corrected chi connectivity index (χ0v) is 30.3. The van der Waals surface area contributed by atoms with Crippen molar-refractivity contribution in [1.82, 2.24) is 15.0 Å². The van der Waals surface area contributed by atoms with Crippen molar-refractivity contribution in [1.29, 1.82) is 0 Å². The average molecular weight is 726 g/mol. The van der Waals surface area contributed by atoms with Gasteiger partial charge in [-0.15, -0.1) is 0 Å². The van der Waals surface area contributed by atoms with Gasteiger partial charge in [-0.3, -0.25) is 0 Å². The van der Waals surface area contributed by atoms with Gasteiger partial charge in [0.05, 0.1) is 0 Å². The van der Waals surface area contributed by atoms with Gasteiger partial charge < -0.3 is 4.57 Å². The second-order valence-corrected chi connectivity index (χ2v) is 15.8. The van der Waals surface area contributed by atoms with Crippen LogP contribution in [-0.2, 0) is 11.0 Å². The Morgan fingerprint density at radius 2 is 0.944 bits per heavy atom. The summed E-state index contributed by atoms with van der Waals surface area (Å²) in [6.07, 6.45) is 6.52. The first-order chi connectivity index (χ1) is 26.4. The summed E-state index contributed by atoms with van der Waals surface area (Å²) >= 11 is 0. The molecule has 1 aromatic heterocycles. The third kappa shape index (κ3) is 7.04. The number of fused-ring (bicyclic) bond motifs is 2. The molecule has 0 aliphatic rings. The Morgan fingerprint density at radius 1 is 0.537 bits per heavy atom. The molecule has 0 aliphatic carbocycles. The zero-order chi connectivity index (χ0) is 37.1. The SMILES string of the molecule is C/C=C\C(=C/Cc1ccc(-c2nc(-c3ccc(F)cc3)nc(-c3ccc(F)cc3)n2)cc1)P(=O)(c1ccc2ccccc2c1)c1ccc2ccccc2c1. The molecule has 0 amide bonds. The van der Waals surface area contributed by atoms with Gasteiger partial charge in [0, 0.05) is 32.6 Å². The van der Waals surface area contributed by atoms with Crippen LogP contribution in [0.25, 0.3) is 55.7 Å². The van der Waals surface area contributed by atoms with E-state index >= 15 is 4.57 Å². The van der Waals surface area contributed by atoms with Crippen molar-refractivity contribution < 1.29 is 13.3 Å². The number of halogens is 2. The van der Waals surface area contributed by atoms with Crippen LogP contribution in [0.2, 0.25) is 0 Å². The molecule has 0 radical (unpaired) electrons. The maximum Gasteiger partial charge on any atom is 0.170 e. The molecule has 4 nitrogen and oxygen atoms in total. The summed E-state index contributed by atoms with van der Waals surface area (Å²) in [5.74, 6) is 0.457. The average Bonchev–Trinajstić information content (AvgIpc) is 3.22. The highest BCUT2D eigenvalue weighted by atomic mass is 31.2. The Morgan fingerprint density at radius 3 is 1.37 bits per heavy atom. The minimum atomic E-state index is -3.33. The fourth-order valence-electron chi connectivity index (χ4n) is 6.64. The minimum absolute atomic E-state index is 0.361. The molecule has 0 aliphatic heterocycles. The van der Waals surface area contributed by atoms with Gasteiger partial charge in [0.25, 0.3) is 0 Å². The molecule has 262 valence electrons. The summed E-state index contributed by atoms with van der Waals surface area (Å²) in [6, 6.07) is 48.3. The van der Waals surface area contributed by atoms with Crippen molar-refractivity contribution in [3.05, 3.63) is 198 Å². The Bertz CT molecular complexity index is 2600. The molecular formula is C47H34F2N3OP. The molecule has 1 heterocycles. The van der Waals surface area contributed by atoms with Gasteiger partial charge in [0.15, 0.2) is 24.6 Å². The molecular weight excluding hydrogens is 692 g/mol. The van der Waals surface area contributed by atoms with Crippen LogP contribution in [-0.4, -0.2) is 15.0 Å². The minimum Gasteiger partial charge on any atom is -0.309 e. The largest absolute Gasteiger partial charge is 0.309 e. The standard InChI is InChI=1S/C47H34F2N3OP/c1-2-7-42(54(53,43-28-21-33-8-3-5-10-38(33)30-43)44-29-22-34-9-4-6-11-39(34)31-44)27-14-32-12-15-35(16-13-32)45-50-46(36-17-23-40(48)24-18-36)52-47(51-45)37-19-25-41(49)26-20-37/h2-13,15-31H,14H2,1H3/b7-2-,42-27+. The molecule has 0 spiro atoms. The van der Waals surface area contributed by atoms with Gasteiger partial charge in [-0.05, 0) is 101 Å². The van der Waals surface area contributed by atoms with Crippen LogP contribution in [0.1, 0.15) is 12.5 Å². The number of benzene rings is 7. The summed E-state index contributed by atoms with van der Waals surface area (Å²) in [5, 5.41) is 6.57. The van der Waals surface area contributed by atoms with E-state index in [4.69, 9.17) is 9.97 Å². The molecule has 0 N–H and O–H groups in total. The van der Waals surface area contributed by atoms with Gasteiger partial charge in [0.2, 0.25) is 0 Å². The van der Waals surface area contributed by atoms with Gasteiger partial charge in [-0.2, -0.15) is 0 Å². The summed E-state index contributed by atoms with van der Waals surface area (Å²) < 4.78 is 43.3.